The average Bonchev–Trinajstić information content (AvgIpc) is 2.17. The molecule has 0 atom stereocenters. The van der Waals surface area contributed by atoms with Crippen molar-refractivity contribution in [3.8, 4) is 0 Å². The molecule has 0 aliphatic rings. The number of rotatable bonds is 9. The van der Waals surface area contributed by atoms with Gasteiger partial charge >= 0.3 is 7.82 Å². The zero-order chi connectivity index (χ0) is 15.9. The van der Waals surface area contributed by atoms with Crippen molar-refractivity contribution in [3.05, 3.63) is 0 Å². The fraction of sp³-hybridized carbons (Fsp3) is 1.00. The predicted molar refractivity (Wildman–Crippen MR) is 82.8 cm³/mol. The van der Waals surface area contributed by atoms with Crippen LogP contribution in [0.4, 0.5) is 0 Å². The first kappa shape index (κ1) is 20.1. The van der Waals surface area contributed by atoms with Crippen LogP contribution >= 0.6 is 7.82 Å². The van der Waals surface area contributed by atoms with Gasteiger partial charge in [-0.3, -0.25) is 13.6 Å². The highest BCUT2D eigenvalue weighted by molar-refractivity contribution is 7.48. The summed E-state index contributed by atoms with van der Waals surface area (Å²) in [4.78, 5) is 0. The molecule has 0 unspecified atom stereocenters. The molecule has 5 nitrogen and oxygen atoms in total. The maximum atomic E-state index is 12.6. The molecule has 0 rings (SSSR count). The predicted octanol–water partition coefficient (Wildman–Crippen LogP) is 4.26. The second-order valence-corrected chi connectivity index (χ2v) is 8.41. The summed E-state index contributed by atoms with van der Waals surface area (Å²) in [6, 6.07) is 0. The minimum absolute atomic E-state index is 0.369. The van der Waals surface area contributed by atoms with E-state index < -0.39 is 19.0 Å². The third-order valence-corrected chi connectivity index (χ3v) is 4.16. The lowest BCUT2D eigenvalue weighted by atomic mass is 10.2. The number of phosphoric acid groups is 1. The van der Waals surface area contributed by atoms with E-state index in [9.17, 15) is 4.57 Å². The molecule has 0 aliphatic carbocycles. The van der Waals surface area contributed by atoms with Crippen molar-refractivity contribution in [1.29, 1.82) is 0 Å². The zero-order valence-corrected chi connectivity index (χ0v) is 14.8. The molecule has 0 amide bonds. The Hall–Kier alpha value is 0.0700. The number of unbranched alkanes of at least 4 members (excludes halogenated alkanes) is 3. The maximum absolute atomic E-state index is 12.6. The third kappa shape index (κ3) is 11.9. The van der Waals surface area contributed by atoms with Crippen LogP contribution in [-0.2, 0) is 18.1 Å². The SMILES string of the molecule is CC(C)(C)OP(=O)(OCCCCCCN)OC(C)(C)C. The fourth-order valence-corrected chi connectivity index (χ4v) is 3.36. The van der Waals surface area contributed by atoms with Gasteiger partial charge in [0.15, 0.2) is 0 Å². The number of nitrogens with two attached hydrogens (primary N) is 1. The van der Waals surface area contributed by atoms with Crippen LogP contribution in [-0.4, -0.2) is 24.4 Å². The molecule has 0 saturated carbocycles. The molecule has 0 aliphatic heterocycles. The first-order valence-electron chi connectivity index (χ1n) is 7.34. The number of phosphoric ester groups is 1. The number of hydrogen-bond donors (Lipinski definition) is 1. The van der Waals surface area contributed by atoms with Crippen LogP contribution in [0.15, 0.2) is 0 Å². The lowest BCUT2D eigenvalue weighted by Gasteiger charge is -2.30. The van der Waals surface area contributed by atoms with Crippen molar-refractivity contribution >= 4 is 7.82 Å². The van der Waals surface area contributed by atoms with Crippen molar-refractivity contribution in [1.82, 2.24) is 0 Å². The largest absolute Gasteiger partial charge is 0.475 e. The monoisotopic (exact) mass is 309 g/mol. The number of hydrogen-bond acceptors (Lipinski definition) is 5. The molecule has 0 spiro atoms. The fourth-order valence-electron chi connectivity index (χ4n) is 1.52. The highest BCUT2D eigenvalue weighted by atomic mass is 31.2. The lowest BCUT2D eigenvalue weighted by Crippen LogP contribution is -2.24. The van der Waals surface area contributed by atoms with Gasteiger partial charge < -0.3 is 5.73 Å². The summed E-state index contributed by atoms with van der Waals surface area (Å²) in [6.07, 6.45) is 3.90. The molecule has 0 aromatic carbocycles. The maximum Gasteiger partial charge on any atom is 0.475 e. The smallest absolute Gasteiger partial charge is 0.330 e. The summed E-state index contributed by atoms with van der Waals surface area (Å²) in [6.45, 7) is 12.1. The molecule has 0 heterocycles. The van der Waals surface area contributed by atoms with Gasteiger partial charge in [-0.05, 0) is 60.9 Å². The third-order valence-electron chi connectivity index (χ3n) is 2.12. The normalized spacial score (nSPS) is 13.8. The first-order valence-corrected chi connectivity index (χ1v) is 8.80. The zero-order valence-electron chi connectivity index (χ0n) is 13.9. The van der Waals surface area contributed by atoms with Gasteiger partial charge in [-0.2, -0.15) is 0 Å². The molecule has 0 fully saturated rings. The van der Waals surface area contributed by atoms with Gasteiger partial charge in [0.2, 0.25) is 0 Å². The van der Waals surface area contributed by atoms with E-state index in [0.29, 0.717) is 13.2 Å². The van der Waals surface area contributed by atoms with Gasteiger partial charge in [0.05, 0.1) is 17.8 Å². The van der Waals surface area contributed by atoms with Crippen LogP contribution in [0, 0.1) is 0 Å². The van der Waals surface area contributed by atoms with Gasteiger partial charge in [-0.15, -0.1) is 0 Å². The first-order chi connectivity index (χ1) is 8.97. The minimum atomic E-state index is -3.54. The molecule has 6 heteroatoms. The highest BCUT2D eigenvalue weighted by Crippen LogP contribution is 2.55. The molecule has 2 N–H and O–H groups in total. The van der Waals surface area contributed by atoms with Gasteiger partial charge in [0, 0.05) is 0 Å². The molecular formula is C14H32NO4P. The second kappa shape index (κ2) is 8.50. The quantitative estimate of drug-likeness (QED) is 0.509. The Labute approximate surface area is 124 Å². The molecule has 0 aromatic heterocycles. The van der Waals surface area contributed by atoms with Crippen molar-refractivity contribution < 1.29 is 18.1 Å². The molecule has 122 valence electrons. The van der Waals surface area contributed by atoms with E-state index in [1.165, 1.54) is 0 Å². The van der Waals surface area contributed by atoms with Crippen molar-refractivity contribution in [2.45, 2.75) is 78.4 Å². The van der Waals surface area contributed by atoms with Gasteiger partial charge in [-0.25, -0.2) is 4.57 Å². The van der Waals surface area contributed by atoms with E-state index in [-0.39, 0.29) is 0 Å². The molecule has 0 radical (unpaired) electrons. The van der Waals surface area contributed by atoms with Crippen LogP contribution in [0.25, 0.3) is 0 Å². The lowest BCUT2D eigenvalue weighted by molar-refractivity contribution is 0.00299. The van der Waals surface area contributed by atoms with E-state index in [1.54, 1.807) is 0 Å². The Balaban J connectivity index is 4.36. The van der Waals surface area contributed by atoms with E-state index in [0.717, 1.165) is 25.7 Å². The van der Waals surface area contributed by atoms with Crippen LogP contribution < -0.4 is 5.73 Å². The standard InChI is InChI=1S/C14H32NO4P/c1-13(2,3)18-20(16,19-14(4,5)6)17-12-10-8-7-9-11-15/h7-12,15H2,1-6H3. The van der Waals surface area contributed by atoms with Crippen LogP contribution in [0.3, 0.4) is 0 Å². The Morgan fingerprint density at radius 3 is 1.70 bits per heavy atom. The summed E-state index contributed by atoms with van der Waals surface area (Å²) < 4.78 is 29.1. The summed E-state index contributed by atoms with van der Waals surface area (Å²) in [7, 11) is -3.54. The van der Waals surface area contributed by atoms with E-state index in [1.807, 2.05) is 41.5 Å². The minimum Gasteiger partial charge on any atom is -0.330 e. The molecule has 20 heavy (non-hydrogen) atoms. The Morgan fingerprint density at radius 2 is 1.30 bits per heavy atom. The summed E-state index contributed by atoms with van der Waals surface area (Å²) in [5.74, 6) is 0. The Morgan fingerprint density at radius 1 is 0.850 bits per heavy atom. The molecular weight excluding hydrogens is 277 g/mol. The average molecular weight is 309 g/mol. The van der Waals surface area contributed by atoms with Crippen LogP contribution in [0.2, 0.25) is 0 Å². The van der Waals surface area contributed by atoms with E-state index in [2.05, 4.69) is 0 Å². The van der Waals surface area contributed by atoms with Crippen LogP contribution in [0.5, 0.6) is 0 Å². The van der Waals surface area contributed by atoms with Crippen LogP contribution in [0.1, 0.15) is 67.2 Å². The van der Waals surface area contributed by atoms with Crippen molar-refractivity contribution in [3.63, 3.8) is 0 Å². The van der Waals surface area contributed by atoms with E-state index >= 15 is 0 Å². The Kier molecular flexibility index (Phi) is 8.53. The van der Waals surface area contributed by atoms with Gasteiger partial charge in [0.1, 0.15) is 0 Å². The summed E-state index contributed by atoms with van der Waals surface area (Å²) in [5, 5.41) is 0. The second-order valence-electron chi connectivity index (χ2n) is 6.89. The van der Waals surface area contributed by atoms with Crippen molar-refractivity contribution in [2.75, 3.05) is 13.2 Å². The van der Waals surface area contributed by atoms with E-state index in [4.69, 9.17) is 19.3 Å². The highest BCUT2D eigenvalue weighted by Gasteiger charge is 2.36. The summed E-state index contributed by atoms with van der Waals surface area (Å²) >= 11 is 0. The Bertz CT molecular complexity index is 287. The van der Waals surface area contributed by atoms with Gasteiger partial charge in [-0.1, -0.05) is 12.8 Å². The molecule has 0 aromatic rings. The van der Waals surface area contributed by atoms with Crippen molar-refractivity contribution in [2.24, 2.45) is 5.73 Å². The molecule has 0 bridgehead atoms. The van der Waals surface area contributed by atoms with Gasteiger partial charge in [0.25, 0.3) is 0 Å². The topological polar surface area (TPSA) is 70.8 Å². The molecule has 0 saturated heterocycles. The summed E-state index contributed by atoms with van der Waals surface area (Å²) in [5.41, 5.74) is 4.27.